The summed E-state index contributed by atoms with van der Waals surface area (Å²) in [5.41, 5.74) is 3.90. The van der Waals surface area contributed by atoms with Gasteiger partial charge in [0, 0.05) is 25.9 Å². The summed E-state index contributed by atoms with van der Waals surface area (Å²) in [7, 11) is 3.27. The number of nitrogens with zero attached hydrogens (tertiary/aromatic N) is 2. The molecule has 0 unspecified atom stereocenters. The molecule has 378 valence electrons. The lowest BCUT2D eigenvalue weighted by Crippen LogP contribution is -2.58. The molecule has 0 bridgehead atoms. The van der Waals surface area contributed by atoms with E-state index in [1.54, 1.807) is 27.9 Å². The van der Waals surface area contributed by atoms with Crippen LogP contribution >= 0.6 is 0 Å². The first-order chi connectivity index (χ1) is 33.3. The number of carbonyl (C=O) groups is 6. The highest BCUT2D eigenvalue weighted by Crippen LogP contribution is 2.38. The van der Waals surface area contributed by atoms with Crippen LogP contribution in [0.3, 0.4) is 0 Å². The third kappa shape index (κ3) is 12.4. The summed E-state index contributed by atoms with van der Waals surface area (Å²) in [6.07, 6.45) is 7.66. The zero-order chi connectivity index (χ0) is 49.2. The van der Waals surface area contributed by atoms with Crippen molar-refractivity contribution < 1.29 is 53.2 Å². The molecular weight excluding hydrogens is 887 g/mol. The molecule has 69 heavy (non-hydrogen) atoms. The van der Waals surface area contributed by atoms with Crippen molar-refractivity contribution in [1.29, 1.82) is 0 Å². The smallest absolute Gasteiger partial charge is 0.292 e. The van der Waals surface area contributed by atoms with Crippen LogP contribution in [0.1, 0.15) is 119 Å². The Balaban J connectivity index is 0.888. The van der Waals surface area contributed by atoms with E-state index < -0.39 is 60.0 Å². The number of hydrogen-bond donors (Lipinski definition) is 7. The van der Waals surface area contributed by atoms with Crippen LogP contribution in [-0.4, -0.2) is 151 Å². The normalized spacial score (nSPS) is 24.8. The van der Waals surface area contributed by atoms with E-state index in [0.29, 0.717) is 38.4 Å². The van der Waals surface area contributed by atoms with Crippen LogP contribution in [0.4, 0.5) is 0 Å². The van der Waals surface area contributed by atoms with Crippen LogP contribution in [-0.2, 0) is 46.3 Å². The minimum Gasteiger partial charge on any atom is -0.491 e. The summed E-state index contributed by atoms with van der Waals surface area (Å²) in [6.45, 7) is 4.48. The Hall–Kier alpha value is -5.14. The number of β-amino-alcohol motifs (C(OH)–C–C–N with tert-alkyl or cyclic N) is 2. The SMILES string of the molecule is CN[C@@H](C)C(=O)N[C@H](C(=O)N1C[C@@H](O)C[C@H]1C(=O)N[C@@H]1CCCc2c(OCCOCCOc3cccc4c3CCC[C@H]4NC(=O)[C@@H]3C[C@H](O)CN3C(=O)C(=O)[C@H](C)NC)cccc21)C1CCCCC1. The molecule has 7 rings (SSSR count). The van der Waals surface area contributed by atoms with Gasteiger partial charge in [0.1, 0.15) is 42.8 Å². The fourth-order valence-electron chi connectivity index (χ4n) is 10.7. The number of Topliss-reactive ketones (excluding diaryl/α,β-unsaturated/α-hetero) is 1. The molecule has 18 nitrogen and oxygen atoms in total. The lowest BCUT2D eigenvalue weighted by molar-refractivity contribution is -0.148. The van der Waals surface area contributed by atoms with Crippen LogP contribution in [0, 0.1) is 5.92 Å². The van der Waals surface area contributed by atoms with E-state index in [0.717, 1.165) is 85.8 Å². The summed E-state index contributed by atoms with van der Waals surface area (Å²) >= 11 is 0. The monoisotopic (exact) mass is 960 g/mol. The molecule has 2 saturated heterocycles. The molecule has 0 spiro atoms. The minimum absolute atomic E-state index is 0.0307. The topological polar surface area (TPSA) is 237 Å². The standard InChI is InChI=1S/C51H73N7O11/c1-30(52-3)46(61)51(66)58-29-34(60)27-42(58)49(64)55-40-19-9-17-38-36(40)15-11-21-44(38)69-25-23-67-22-24-68-43-20-10-14-35-37(43)16-8-18-39(35)54-48(63)41-26-33(59)28-57(41)50(65)45(32-12-6-5-7-13-32)56-47(62)31(2)53-4/h10-11,14-15,20-21,30-34,39-42,45,52-53,59-60H,5-9,12-13,16-19,22-29H2,1-4H3,(H,54,63)(H,55,64)(H,56,62)/t30-,31-,33-,34-,39+,40+,41-,42-,45-/m0/s1. The van der Waals surface area contributed by atoms with Crippen LogP contribution in [0.25, 0.3) is 0 Å². The number of ketones is 1. The van der Waals surface area contributed by atoms with Crippen molar-refractivity contribution in [2.24, 2.45) is 5.92 Å². The molecule has 2 heterocycles. The Morgan fingerprint density at radius 1 is 0.652 bits per heavy atom. The molecule has 2 aliphatic heterocycles. The summed E-state index contributed by atoms with van der Waals surface area (Å²) in [6, 6.07) is 7.15. The molecule has 9 atom stereocenters. The van der Waals surface area contributed by atoms with Gasteiger partial charge in [-0.1, -0.05) is 43.5 Å². The number of likely N-dealkylation sites (tertiary alicyclic amines) is 2. The van der Waals surface area contributed by atoms with Gasteiger partial charge in [0.25, 0.3) is 5.91 Å². The lowest BCUT2D eigenvalue weighted by Gasteiger charge is -2.35. The first-order valence-corrected chi connectivity index (χ1v) is 25.1. The predicted molar refractivity (Wildman–Crippen MR) is 255 cm³/mol. The third-order valence-electron chi connectivity index (χ3n) is 14.8. The van der Waals surface area contributed by atoms with Crippen LogP contribution < -0.4 is 36.1 Å². The number of likely N-dealkylation sites (N-methyl/N-ethyl adjacent to an activating group) is 2. The second-order valence-electron chi connectivity index (χ2n) is 19.4. The maximum absolute atomic E-state index is 14.3. The van der Waals surface area contributed by atoms with E-state index in [1.807, 2.05) is 36.4 Å². The number of ether oxygens (including phenoxy) is 3. The quantitative estimate of drug-likeness (QED) is 0.0744. The van der Waals surface area contributed by atoms with E-state index in [-0.39, 0.29) is 68.3 Å². The first kappa shape index (κ1) is 51.7. The molecule has 5 aliphatic rings. The number of aliphatic hydroxyl groups is 2. The van der Waals surface area contributed by atoms with Gasteiger partial charge in [-0.2, -0.15) is 0 Å². The number of rotatable bonds is 20. The Kier molecular flexibility index (Phi) is 18.1. The second kappa shape index (κ2) is 24.1. The lowest BCUT2D eigenvalue weighted by atomic mass is 9.83. The fourth-order valence-corrected chi connectivity index (χ4v) is 10.7. The molecule has 5 amide bonds. The van der Waals surface area contributed by atoms with E-state index >= 15 is 0 Å². The van der Waals surface area contributed by atoms with E-state index in [4.69, 9.17) is 14.2 Å². The van der Waals surface area contributed by atoms with Crippen molar-refractivity contribution >= 4 is 35.3 Å². The van der Waals surface area contributed by atoms with Crippen molar-refractivity contribution in [2.45, 2.75) is 152 Å². The number of nitrogens with one attached hydrogen (secondary N) is 5. The average Bonchev–Trinajstić information content (AvgIpc) is 3.97. The van der Waals surface area contributed by atoms with Gasteiger partial charge in [-0.3, -0.25) is 28.8 Å². The number of fused-ring (bicyclic) bond motifs is 2. The number of amides is 5. The third-order valence-corrected chi connectivity index (χ3v) is 14.8. The zero-order valence-electron chi connectivity index (χ0n) is 40.6. The molecule has 0 radical (unpaired) electrons. The average molecular weight is 960 g/mol. The van der Waals surface area contributed by atoms with Gasteiger partial charge in [-0.15, -0.1) is 0 Å². The molecule has 1 saturated carbocycles. The predicted octanol–water partition coefficient (Wildman–Crippen LogP) is 1.92. The van der Waals surface area contributed by atoms with E-state index in [9.17, 15) is 39.0 Å². The van der Waals surface area contributed by atoms with E-state index in [2.05, 4.69) is 26.6 Å². The van der Waals surface area contributed by atoms with Crippen LogP contribution in [0.2, 0.25) is 0 Å². The van der Waals surface area contributed by atoms with Gasteiger partial charge in [-0.05, 0) is 120 Å². The highest BCUT2D eigenvalue weighted by molar-refractivity contribution is 6.38. The molecule has 2 aromatic rings. The minimum atomic E-state index is -0.951. The van der Waals surface area contributed by atoms with Crippen molar-refractivity contribution in [3.05, 3.63) is 58.7 Å². The summed E-state index contributed by atoms with van der Waals surface area (Å²) < 4.78 is 18.3. The Morgan fingerprint density at radius 3 is 1.68 bits per heavy atom. The van der Waals surface area contributed by atoms with Crippen LogP contribution in [0.5, 0.6) is 11.5 Å². The fraction of sp³-hybridized carbons (Fsp3) is 0.647. The van der Waals surface area contributed by atoms with Gasteiger partial charge in [-0.25, -0.2) is 0 Å². The Labute approximate surface area is 405 Å². The molecule has 3 fully saturated rings. The molecule has 2 aromatic carbocycles. The van der Waals surface area contributed by atoms with Gasteiger partial charge in [0.05, 0.1) is 49.6 Å². The number of hydrogen-bond acceptors (Lipinski definition) is 13. The zero-order valence-corrected chi connectivity index (χ0v) is 40.6. The molecular formula is C51H73N7O11. The van der Waals surface area contributed by atoms with Gasteiger partial charge >= 0.3 is 0 Å². The highest BCUT2D eigenvalue weighted by Gasteiger charge is 2.45. The van der Waals surface area contributed by atoms with Gasteiger partial charge in [0.2, 0.25) is 29.4 Å². The largest absolute Gasteiger partial charge is 0.491 e. The summed E-state index contributed by atoms with van der Waals surface area (Å²) in [4.78, 5) is 83.2. The number of carbonyl (C=O) groups excluding carboxylic acids is 6. The maximum atomic E-state index is 14.3. The first-order valence-electron chi connectivity index (χ1n) is 25.1. The molecule has 7 N–H and O–H groups in total. The summed E-state index contributed by atoms with van der Waals surface area (Å²) in [5.74, 6) is -1.37. The Morgan fingerprint density at radius 2 is 1.16 bits per heavy atom. The number of benzene rings is 2. The maximum Gasteiger partial charge on any atom is 0.292 e. The van der Waals surface area contributed by atoms with Gasteiger partial charge < -0.3 is 60.8 Å². The highest BCUT2D eigenvalue weighted by atomic mass is 16.5. The Bertz CT molecular complexity index is 2150. The molecule has 0 aromatic heterocycles. The van der Waals surface area contributed by atoms with Crippen molar-refractivity contribution in [1.82, 2.24) is 36.4 Å². The van der Waals surface area contributed by atoms with Crippen LogP contribution in [0.15, 0.2) is 36.4 Å². The van der Waals surface area contributed by atoms with Crippen molar-refractivity contribution in [3.8, 4) is 11.5 Å². The molecule has 18 heteroatoms. The number of aliphatic hydroxyl groups excluding tert-OH is 2. The second-order valence-corrected chi connectivity index (χ2v) is 19.4. The van der Waals surface area contributed by atoms with Crippen molar-refractivity contribution in [3.63, 3.8) is 0 Å². The van der Waals surface area contributed by atoms with E-state index in [1.165, 1.54) is 9.80 Å². The molecule has 3 aliphatic carbocycles. The summed E-state index contributed by atoms with van der Waals surface area (Å²) in [5, 5.41) is 36.2. The van der Waals surface area contributed by atoms with Crippen molar-refractivity contribution in [2.75, 3.05) is 53.6 Å². The van der Waals surface area contributed by atoms with Gasteiger partial charge in [0.15, 0.2) is 0 Å².